The smallest absolute Gasteiger partial charge is 0.304 e. The average molecular weight is 219 g/mol. The van der Waals surface area contributed by atoms with Crippen molar-refractivity contribution in [3.8, 4) is 0 Å². The normalized spacial score (nSPS) is 10.8. The summed E-state index contributed by atoms with van der Waals surface area (Å²) >= 11 is 0. The highest BCUT2D eigenvalue weighted by molar-refractivity contribution is 5.77. The molecule has 4 nitrogen and oxygen atoms in total. The Balaban J connectivity index is 1.92. The largest absolute Gasteiger partial charge is 0.481 e. The van der Waals surface area contributed by atoms with Crippen LogP contribution in [0.5, 0.6) is 0 Å². The third-order valence-corrected chi connectivity index (χ3v) is 2.29. The minimum atomic E-state index is -0.794. The molecule has 0 spiro atoms. The second kappa shape index (κ2) is 4.81. The van der Waals surface area contributed by atoms with E-state index in [9.17, 15) is 4.79 Å². The van der Waals surface area contributed by atoms with Crippen molar-refractivity contribution in [2.75, 3.05) is 6.54 Å². The molecular weight excluding hydrogens is 206 g/mol. The number of carbonyl (C=O) groups is 1. The van der Waals surface area contributed by atoms with Gasteiger partial charge >= 0.3 is 5.97 Å². The van der Waals surface area contributed by atoms with E-state index in [2.05, 4.69) is 5.32 Å². The van der Waals surface area contributed by atoms with Gasteiger partial charge in [0.25, 0.3) is 0 Å². The van der Waals surface area contributed by atoms with E-state index in [1.165, 1.54) is 0 Å². The Morgan fingerprint density at radius 2 is 2.19 bits per heavy atom. The van der Waals surface area contributed by atoms with E-state index in [4.69, 9.17) is 9.52 Å². The standard InChI is InChI=1S/C12H13NO3/c14-12(15)5-6-13-8-10-7-9-3-1-2-4-11(9)16-10/h1-4,7,13H,5-6,8H2,(H,14,15). The van der Waals surface area contributed by atoms with Gasteiger partial charge in [-0.05, 0) is 12.1 Å². The quantitative estimate of drug-likeness (QED) is 0.755. The van der Waals surface area contributed by atoms with Crippen molar-refractivity contribution >= 4 is 16.9 Å². The Morgan fingerprint density at radius 3 is 2.94 bits per heavy atom. The summed E-state index contributed by atoms with van der Waals surface area (Å²) < 4.78 is 5.57. The number of rotatable bonds is 5. The third-order valence-electron chi connectivity index (χ3n) is 2.29. The molecule has 1 aromatic carbocycles. The fourth-order valence-corrected chi connectivity index (χ4v) is 1.53. The summed E-state index contributed by atoms with van der Waals surface area (Å²) in [4.78, 5) is 10.3. The molecule has 0 aliphatic rings. The molecule has 1 aromatic heterocycles. The number of benzene rings is 1. The van der Waals surface area contributed by atoms with Gasteiger partial charge in [-0.1, -0.05) is 18.2 Å². The molecule has 2 rings (SSSR count). The number of fused-ring (bicyclic) bond motifs is 1. The third kappa shape index (κ3) is 2.61. The highest BCUT2D eigenvalue weighted by Crippen LogP contribution is 2.18. The van der Waals surface area contributed by atoms with Gasteiger partial charge in [0.1, 0.15) is 11.3 Å². The molecule has 0 aliphatic heterocycles. The molecule has 2 N–H and O–H groups in total. The van der Waals surface area contributed by atoms with Crippen LogP contribution >= 0.6 is 0 Å². The van der Waals surface area contributed by atoms with Crippen LogP contribution in [0.2, 0.25) is 0 Å². The lowest BCUT2D eigenvalue weighted by molar-refractivity contribution is -0.136. The van der Waals surface area contributed by atoms with E-state index in [1.54, 1.807) is 0 Å². The van der Waals surface area contributed by atoms with Crippen molar-refractivity contribution < 1.29 is 14.3 Å². The van der Waals surface area contributed by atoms with E-state index in [-0.39, 0.29) is 6.42 Å². The van der Waals surface area contributed by atoms with Gasteiger partial charge in [0.05, 0.1) is 13.0 Å². The van der Waals surface area contributed by atoms with E-state index >= 15 is 0 Å². The van der Waals surface area contributed by atoms with Crippen molar-refractivity contribution in [1.82, 2.24) is 5.32 Å². The summed E-state index contributed by atoms with van der Waals surface area (Å²) in [6.45, 7) is 1.01. The number of nitrogens with one attached hydrogen (secondary N) is 1. The molecule has 2 aromatic rings. The van der Waals surface area contributed by atoms with E-state index in [0.29, 0.717) is 13.1 Å². The second-order valence-electron chi connectivity index (χ2n) is 3.57. The lowest BCUT2D eigenvalue weighted by atomic mass is 10.2. The molecule has 0 radical (unpaired) electrons. The molecule has 0 aliphatic carbocycles. The molecule has 0 saturated carbocycles. The molecule has 0 amide bonds. The zero-order valence-electron chi connectivity index (χ0n) is 8.77. The van der Waals surface area contributed by atoms with Crippen LogP contribution in [0.3, 0.4) is 0 Å². The molecule has 0 unspecified atom stereocenters. The molecule has 84 valence electrons. The number of aliphatic carboxylic acids is 1. The molecule has 4 heteroatoms. The van der Waals surface area contributed by atoms with Gasteiger partial charge in [0, 0.05) is 11.9 Å². The van der Waals surface area contributed by atoms with Gasteiger partial charge < -0.3 is 14.8 Å². The van der Waals surface area contributed by atoms with Gasteiger partial charge in [-0.15, -0.1) is 0 Å². The van der Waals surface area contributed by atoms with Gasteiger partial charge in [-0.3, -0.25) is 4.79 Å². The molecule has 16 heavy (non-hydrogen) atoms. The Labute approximate surface area is 92.9 Å². The number of para-hydroxylation sites is 1. The zero-order valence-corrected chi connectivity index (χ0v) is 8.77. The minimum Gasteiger partial charge on any atom is -0.481 e. The predicted octanol–water partition coefficient (Wildman–Crippen LogP) is 2.00. The Hall–Kier alpha value is -1.81. The van der Waals surface area contributed by atoms with Crippen LogP contribution in [0.25, 0.3) is 11.0 Å². The number of hydrogen-bond acceptors (Lipinski definition) is 3. The zero-order chi connectivity index (χ0) is 11.4. The van der Waals surface area contributed by atoms with Crippen LogP contribution in [0, 0.1) is 0 Å². The van der Waals surface area contributed by atoms with E-state index in [0.717, 1.165) is 16.7 Å². The summed E-state index contributed by atoms with van der Waals surface area (Å²) in [5.74, 6) is 0.0312. The van der Waals surface area contributed by atoms with Crippen LogP contribution in [-0.2, 0) is 11.3 Å². The maximum Gasteiger partial charge on any atom is 0.304 e. The summed E-state index contributed by atoms with van der Waals surface area (Å²) in [7, 11) is 0. The van der Waals surface area contributed by atoms with Crippen molar-refractivity contribution in [3.05, 3.63) is 36.1 Å². The van der Waals surface area contributed by atoms with Gasteiger partial charge in [-0.25, -0.2) is 0 Å². The van der Waals surface area contributed by atoms with Crippen LogP contribution < -0.4 is 5.32 Å². The lowest BCUT2D eigenvalue weighted by Gasteiger charge is -1.98. The van der Waals surface area contributed by atoms with Crippen LogP contribution in [0.15, 0.2) is 34.7 Å². The maximum absolute atomic E-state index is 10.3. The molecule has 0 fully saturated rings. The van der Waals surface area contributed by atoms with Crippen molar-refractivity contribution in [3.63, 3.8) is 0 Å². The van der Waals surface area contributed by atoms with Crippen molar-refractivity contribution in [1.29, 1.82) is 0 Å². The Kier molecular flexibility index (Phi) is 3.22. The predicted molar refractivity (Wildman–Crippen MR) is 60.2 cm³/mol. The number of carboxylic acid groups (broad SMARTS) is 1. The van der Waals surface area contributed by atoms with Gasteiger partial charge in [0.15, 0.2) is 0 Å². The van der Waals surface area contributed by atoms with Crippen LogP contribution in [-0.4, -0.2) is 17.6 Å². The lowest BCUT2D eigenvalue weighted by Crippen LogP contribution is -2.17. The highest BCUT2D eigenvalue weighted by atomic mass is 16.4. The molecule has 0 atom stereocenters. The number of furan rings is 1. The maximum atomic E-state index is 10.3. The molecular formula is C12H13NO3. The molecule has 0 saturated heterocycles. The minimum absolute atomic E-state index is 0.125. The average Bonchev–Trinajstić information content (AvgIpc) is 2.66. The first-order valence-corrected chi connectivity index (χ1v) is 5.15. The van der Waals surface area contributed by atoms with Crippen molar-refractivity contribution in [2.45, 2.75) is 13.0 Å². The Bertz CT molecular complexity index is 457. The van der Waals surface area contributed by atoms with Crippen LogP contribution in [0.1, 0.15) is 12.2 Å². The monoisotopic (exact) mass is 219 g/mol. The number of hydrogen-bond donors (Lipinski definition) is 2. The topological polar surface area (TPSA) is 62.5 Å². The first-order chi connectivity index (χ1) is 7.75. The van der Waals surface area contributed by atoms with Crippen molar-refractivity contribution in [2.24, 2.45) is 0 Å². The summed E-state index contributed by atoms with van der Waals surface area (Å²) in [5.41, 5.74) is 0.859. The highest BCUT2D eigenvalue weighted by Gasteiger charge is 2.02. The van der Waals surface area contributed by atoms with E-state index in [1.807, 2.05) is 30.3 Å². The van der Waals surface area contributed by atoms with E-state index < -0.39 is 5.97 Å². The first kappa shape index (κ1) is 10.7. The summed E-state index contributed by atoms with van der Waals surface area (Å²) in [6, 6.07) is 9.74. The molecule has 0 bridgehead atoms. The van der Waals surface area contributed by atoms with Crippen LogP contribution in [0.4, 0.5) is 0 Å². The molecule has 1 heterocycles. The Morgan fingerprint density at radius 1 is 1.38 bits per heavy atom. The fourth-order valence-electron chi connectivity index (χ4n) is 1.53. The summed E-state index contributed by atoms with van der Waals surface area (Å²) in [5, 5.41) is 12.5. The number of carboxylic acids is 1. The SMILES string of the molecule is O=C(O)CCNCc1cc2ccccc2o1. The fraction of sp³-hybridized carbons (Fsp3) is 0.250. The first-order valence-electron chi connectivity index (χ1n) is 5.15. The second-order valence-corrected chi connectivity index (χ2v) is 3.57. The van der Waals surface area contributed by atoms with Gasteiger partial charge in [-0.2, -0.15) is 0 Å². The summed E-state index contributed by atoms with van der Waals surface area (Å²) in [6.07, 6.45) is 0.125. The van der Waals surface area contributed by atoms with Gasteiger partial charge in [0.2, 0.25) is 0 Å².